The molecule has 1 amide bonds. The quantitative estimate of drug-likeness (QED) is 0.717. The van der Waals surface area contributed by atoms with E-state index < -0.39 is 5.97 Å². The van der Waals surface area contributed by atoms with E-state index in [1.807, 2.05) is 18.4 Å². The van der Waals surface area contributed by atoms with Crippen LogP contribution in [0.15, 0.2) is 17.5 Å². The number of carboxylic acid groups (broad SMARTS) is 1. The lowest BCUT2D eigenvalue weighted by Crippen LogP contribution is -2.56. The van der Waals surface area contributed by atoms with Crippen LogP contribution in [-0.2, 0) is 16.0 Å². The van der Waals surface area contributed by atoms with Crippen LogP contribution in [0.2, 0.25) is 0 Å². The monoisotopic (exact) mass is 350 g/mol. The van der Waals surface area contributed by atoms with E-state index in [1.165, 1.54) is 17.7 Å². The second-order valence-electron chi connectivity index (χ2n) is 7.28. The number of hydrogen-bond acceptors (Lipinski definition) is 4. The van der Waals surface area contributed by atoms with E-state index in [9.17, 15) is 9.59 Å². The molecule has 2 saturated carbocycles. The van der Waals surface area contributed by atoms with Crippen molar-refractivity contribution < 1.29 is 14.7 Å². The summed E-state index contributed by atoms with van der Waals surface area (Å²) in [6.07, 6.45) is 4.98. The standard InChI is InChI=1S/C18H26N2O3S/c1-12(7-16-3-2-6-24-16)18(23)19-14-8-15(9-14)20(11-17(21)22)10-13-4-5-13/h2-3,6,12-15H,4-5,7-11H2,1H3,(H,19,23)(H,21,22)/t12-,14?,15?/m0/s1. The van der Waals surface area contributed by atoms with Crippen molar-refractivity contribution in [3.05, 3.63) is 22.4 Å². The minimum absolute atomic E-state index is 0.0238. The molecule has 2 aliphatic rings. The number of amides is 1. The molecule has 1 heterocycles. The van der Waals surface area contributed by atoms with Crippen LogP contribution in [0, 0.1) is 11.8 Å². The number of rotatable bonds is 9. The zero-order chi connectivity index (χ0) is 17.1. The summed E-state index contributed by atoms with van der Waals surface area (Å²) >= 11 is 1.69. The Labute approximate surface area is 147 Å². The van der Waals surface area contributed by atoms with Gasteiger partial charge >= 0.3 is 5.97 Å². The van der Waals surface area contributed by atoms with Gasteiger partial charge < -0.3 is 10.4 Å². The van der Waals surface area contributed by atoms with Gasteiger partial charge in [-0.15, -0.1) is 11.3 Å². The van der Waals surface area contributed by atoms with Gasteiger partial charge in [-0.25, -0.2) is 0 Å². The molecule has 3 rings (SSSR count). The SMILES string of the molecule is C[C@@H](Cc1cccs1)C(=O)NC1CC(N(CC(=O)O)CC2CC2)C1. The van der Waals surface area contributed by atoms with Gasteiger partial charge in [0.25, 0.3) is 0 Å². The van der Waals surface area contributed by atoms with Gasteiger partial charge in [0.1, 0.15) is 0 Å². The zero-order valence-corrected chi connectivity index (χ0v) is 14.9. The first-order valence-corrected chi connectivity index (χ1v) is 9.68. The fourth-order valence-corrected chi connectivity index (χ4v) is 4.15. The van der Waals surface area contributed by atoms with E-state index >= 15 is 0 Å². The molecule has 5 nitrogen and oxygen atoms in total. The third kappa shape index (κ3) is 4.80. The Kier molecular flexibility index (Phi) is 5.56. The average molecular weight is 350 g/mol. The van der Waals surface area contributed by atoms with Crippen LogP contribution >= 0.6 is 11.3 Å². The van der Waals surface area contributed by atoms with Crippen molar-refractivity contribution in [1.82, 2.24) is 10.2 Å². The molecular formula is C18H26N2O3S. The van der Waals surface area contributed by atoms with Gasteiger partial charge in [0.05, 0.1) is 6.54 Å². The summed E-state index contributed by atoms with van der Waals surface area (Å²) < 4.78 is 0. The highest BCUT2D eigenvalue weighted by Gasteiger charge is 2.38. The Morgan fingerprint density at radius 3 is 2.75 bits per heavy atom. The molecule has 1 atom stereocenters. The first kappa shape index (κ1) is 17.4. The molecule has 132 valence electrons. The number of nitrogens with one attached hydrogen (secondary N) is 1. The Hall–Kier alpha value is -1.40. The van der Waals surface area contributed by atoms with Crippen LogP contribution in [0.25, 0.3) is 0 Å². The molecule has 0 saturated heterocycles. The third-order valence-electron chi connectivity index (χ3n) is 5.04. The Balaban J connectivity index is 1.41. The number of carbonyl (C=O) groups excluding carboxylic acids is 1. The molecule has 6 heteroatoms. The van der Waals surface area contributed by atoms with Gasteiger partial charge in [-0.05, 0) is 49.5 Å². The predicted molar refractivity (Wildman–Crippen MR) is 94.1 cm³/mol. The minimum atomic E-state index is -0.757. The number of nitrogens with zero attached hydrogens (tertiary/aromatic N) is 1. The fourth-order valence-electron chi connectivity index (χ4n) is 3.32. The Morgan fingerprint density at radius 2 is 2.17 bits per heavy atom. The van der Waals surface area contributed by atoms with E-state index in [0.29, 0.717) is 12.0 Å². The topological polar surface area (TPSA) is 69.6 Å². The van der Waals surface area contributed by atoms with Gasteiger partial charge in [0.15, 0.2) is 0 Å². The van der Waals surface area contributed by atoms with Crippen molar-refractivity contribution >= 4 is 23.2 Å². The summed E-state index contributed by atoms with van der Waals surface area (Å²) in [5.41, 5.74) is 0. The van der Waals surface area contributed by atoms with Gasteiger partial charge in [-0.3, -0.25) is 14.5 Å². The van der Waals surface area contributed by atoms with Crippen molar-refractivity contribution in [2.75, 3.05) is 13.1 Å². The van der Waals surface area contributed by atoms with Gasteiger partial charge in [0, 0.05) is 29.4 Å². The molecule has 1 aromatic rings. The lowest BCUT2D eigenvalue weighted by molar-refractivity contribution is -0.140. The number of carbonyl (C=O) groups is 2. The summed E-state index contributed by atoms with van der Waals surface area (Å²) in [5.74, 6) is 0.0135. The number of thiophene rings is 1. The summed E-state index contributed by atoms with van der Waals surface area (Å²) in [4.78, 5) is 26.7. The zero-order valence-electron chi connectivity index (χ0n) is 14.1. The van der Waals surface area contributed by atoms with Crippen molar-refractivity contribution in [2.24, 2.45) is 11.8 Å². The minimum Gasteiger partial charge on any atom is -0.480 e. The molecule has 24 heavy (non-hydrogen) atoms. The lowest BCUT2D eigenvalue weighted by atomic mass is 9.84. The molecule has 0 aromatic carbocycles. The summed E-state index contributed by atoms with van der Waals surface area (Å²) in [6, 6.07) is 4.58. The predicted octanol–water partition coefficient (Wildman–Crippen LogP) is 2.37. The largest absolute Gasteiger partial charge is 0.480 e. The van der Waals surface area contributed by atoms with E-state index in [4.69, 9.17) is 5.11 Å². The van der Waals surface area contributed by atoms with Crippen LogP contribution in [0.1, 0.15) is 37.5 Å². The van der Waals surface area contributed by atoms with Gasteiger partial charge in [0.2, 0.25) is 5.91 Å². The summed E-state index contributed by atoms with van der Waals surface area (Å²) in [5, 5.41) is 14.2. The van der Waals surface area contributed by atoms with Crippen LogP contribution < -0.4 is 5.32 Å². The second-order valence-corrected chi connectivity index (χ2v) is 8.31. The van der Waals surface area contributed by atoms with Gasteiger partial charge in [-0.2, -0.15) is 0 Å². The fraction of sp³-hybridized carbons (Fsp3) is 0.667. The molecule has 0 aliphatic heterocycles. The van der Waals surface area contributed by atoms with Crippen molar-refractivity contribution in [2.45, 2.75) is 51.1 Å². The first-order valence-electron chi connectivity index (χ1n) is 8.80. The average Bonchev–Trinajstić information content (AvgIpc) is 3.14. The molecule has 0 bridgehead atoms. The first-order chi connectivity index (χ1) is 11.5. The van der Waals surface area contributed by atoms with Crippen molar-refractivity contribution in [3.8, 4) is 0 Å². The van der Waals surface area contributed by atoms with E-state index in [2.05, 4.69) is 16.3 Å². The maximum Gasteiger partial charge on any atom is 0.317 e. The molecule has 2 fully saturated rings. The molecule has 1 aromatic heterocycles. The van der Waals surface area contributed by atoms with Crippen LogP contribution in [-0.4, -0.2) is 47.1 Å². The maximum absolute atomic E-state index is 12.3. The molecular weight excluding hydrogens is 324 g/mol. The van der Waals surface area contributed by atoms with Crippen molar-refractivity contribution in [3.63, 3.8) is 0 Å². The highest BCUT2D eigenvalue weighted by molar-refractivity contribution is 7.09. The molecule has 2 N–H and O–H groups in total. The Bertz CT molecular complexity index is 565. The number of hydrogen-bond donors (Lipinski definition) is 2. The van der Waals surface area contributed by atoms with E-state index in [0.717, 1.165) is 25.8 Å². The normalized spacial score (nSPS) is 24.4. The van der Waals surface area contributed by atoms with Gasteiger partial charge in [-0.1, -0.05) is 13.0 Å². The smallest absolute Gasteiger partial charge is 0.317 e. The molecule has 2 aliphatic carbocycles. The van der Waals surface area contributed by atoms with Crippen LogP contribution in [0.5, 0.6) is 0 Å². The molecule has 0 unspecified atom stereocenters. The van der Waals surface area contributed by atoms with Crippen LogP contribution in [0.3, 0.4) is 0 Å². The third-order valence-corrected chi connectivity index (χ3v) is 5.94. The second kappa shape index (κ2) is 7.66. The maximum atomic E-state index is 12.3. The molecule has 0 radical (unpaired) electrons. The molecule has 0 spiro atoms. The number of aliphatic carboxylic acids is 1. The van der Waals surface area contributed by atoms with E-state index in [1.54, 1.807) is 11.3 Å². The number of carboxylic acids is 1. The highest BCUT2D eigenvalue weighted by atomic mass is 32.1. The summed E-state index contributed by atoms with van der Waals surface area (Å²) in [6.45, 7) is 2.98. The lowest BCUT2D eigenvalue weighted by Gasteiger charge is -2.43. The highest BCUT2D eigenvalue weighted by Crippen LogP contribution is 2.33. The Morgan fingerprint density at radius 1 is 1.42 bits per heavy atom. The van der Waals surface area contributed by atoms with Crippen molar-refractivity contribution in [1.29, 1.82) is 0 Å². The van der Waals surface area contributed by atoms with Crippen LogP contribution in [0.4, 0.5) is 0 Å². The van der Waals surface area contributed by atoms with E-state index in [-0.39, 0.29) is 24.4 Å². The summed E-state index contributed by atoms with van der Waals surface area (Å²) in [7, 11) is 0.